The lowest BCUT2D eigenvalue weighted by molar-refractivity contribution is -0.150. The molecule has 5 unspecified atom stereocenters. The number of aliphatic carboxylic acids is 2. The summed E-state index contributed by atoms with van der Waals surface area (Å²) < 4.78 is 0. The fraction of sp³-hybridized carbons (Fsp3) is 0.750. The molecule has 1 saturated heterocycles. The maximum absolute atomic E-state index is 13.2. The lowest BCUT2D eigenvalue weighted by Crippen LogP contribution is -2.58. The highest BCUT2D eigenvalue weighted by molar-refractivity contribution is 7.98. The molecule has 0 aromatic carbocycles. The highest BCUT2D eigenvalue weighted by Crippen LogP contribution is 2.21. The van der Waals surface area contributed by atoms with Gasteiger partial charge in [0.05, 0.1) is 12.5 Å². The van der Waals surface area contributed by atoms with Gasteiger partial charge >= 0.3 is 11.9 Å². The van der Waals surface area contributed by atoms with Crippen LogP contribution in [0.3, 0.4) is 0 Å². The van der Waals surface area contributed by atoms with E-state index in [2.05, 4.69) is 10.6 Å². The first-order valence-electron chi connectivity index (χ1n) is 10.6. The summed E-state index contributed by atoms with van der Waals surface area (Å²) in [6, 6.07) is -4.20. The molecule has 12 heteroatoms. The number of carboxylic acid groups (broad SMARTS) is 2. The number of nitrogens with one attached hydrogen (secondary N) is 2. The summed E-state index contributed by atoms with van der Waals surface area (Å²) in [6.45, 7) is 3.94. The lowest BCUT2D eigenvalue weighted by Gasteiger charge is -2.31. The van der Waals surface area contributed by atoms with Crippen molar-refractivity contribution in [3.8, 4) is 0 Å². The van der Waals surface area contributed by atoms with Gasteiger partial charge in [-0.25, -0.2) is 4.79 Å². The number of carbonyl (C=O) groups excluding carboxylic acids is 3. The monoisotopic (exact) mass is 474 g/mol. The minimum absolute atomic E-state index is 0.251. The van der Waals surface area contributed by atoms with Gasteiger partial charge in [0.2, 0.25) is 17.7 Å². The molecule has 5 atom stereocenters. The Morgan fingerprint density at radius 3 is 2.34 bits per heavy atom. The Kier molecular flexibility index (Phi) is 11.5. The Bertz CT molecular complexity index is 705. The fourth-order valence-electron chi connectivity index (χ4n) is 3.47. The molecule has 0 spiro atoms. The summed E-state index contributed by atoms with van der Waals surface area (Å²) in [7, 11) is 0. The molecule has 1 heterocycles. The van der Waals surface area contributed by atoms with Gasteiger partial charge in [0.15, 0.2) is 0 Å². The number of amides is 3. The third-order valence-corrected chi connectivity index (χ3v) is 6.22. The first-order valence-corrected chi connectivity index (χ1v) is 12.0. The third kappa shape index (κ3) is 7.97. The van der Waals surface area contributed by atoms with E-state index < -0.39 is 60.2 Å². The van der Waals surface area contributed by atoms with Crippen LogP contribution in [0.5, 0.6) is 0 Å². The third-order valence-electron chi connectivity index (χ3n) is 5.57. The topological polar surface area (TPSA) is 179 Å². The molecule has 3 amide bonds. The van der Waals surface area contributed by atoms with Gasteiger partial charge in [-0.3, -0.25) is 19.2 Å². The smallest absolute Gasteiger partial charge is 0.326 e. The van der Waals surface area contributed by atoms with Crippen LogP contribution in [0.4, 0.5) is 0 Å². The van der Waals surface area contributed by atoms with Crippen molar-refractivity contribution in [1.82, 2.24) is 15.5 Å². The van der Waals surface area contributed by atoms with E-state index >= 15 is 0 Å². The molecule has 0 radical (unpaired) electrons. The van der Waals surface area contributed by atoms with E-state index in [9.17, 15) is 29.1 Å². The van der Waals surface area contributed by atoms with Crippen molar-refractivity contribution < 1.29 is 34.2 Å². The zero-order chi connectivity index (χ0) is 24.4. The van der Waals surface area contributed by atoms with E-state index in [1.54, 1.807) is 6.92 Å². The Labute approximate surface area is 191 Å². The van der Waals surface area contributed by atoms with E-state index in [1.165, 1.54) is 16.7 Å². The summed E-state index contributed by atoms with van der Waals surface area (Å²) in [4.78, 5) is 62.0. The van der Waals surface area contributed by atoms with E-state index in [1.807, 2.05) is 13.2 Å². The predicted molar refractivity (Wildman–Crippen MR) is 119 cm³/mol. The average molecular weight is 475 g/mol. The number of thioether (sulfide) groups is 1. The Hall–Kier alpha value is -2.34. The SMILES string of the molecule is CCC(C)C(NC(=O)C(CCSC)NC(=O)C(N)CC(=O)O)C(=O)N1CCCC1C(=O)O. The van der Waals surface area contributed by atoms with E-state index in [-0.39, 0.29) is 12.3 Å². The van der Waals surface area contributed by atoms with Crippen molar-refractivity contribution in [2.45, 2.75) is 70.1 Å². The van der Waals surface area contributed by atoms with Crippen molar-refractivity contribution in [3.63, 3.8) is 0 Å². The zero-order valence-electron chi connectivity index (χ0n) is 18.7. The number of carboxylic acids is 2. The normalized spacial score (nSPS) is 19.5. The summed E-state index contributed by atoms with van der Waals surface area (Å²) >= 11 is 1.46. The van der Waals surface area contributed by atoms with Crippen molar-refractivity contribution in [3.05, 3.63) is 0 Å². The molecular formula is C20H34N4O7S. The first kappa shape index (κ1) is 27.7. The highest BCUT2D eigenvalue weighted by atomic mass is 32.2. The molecule has 1 fully saturated rings. The molecule has 6 N–H and O–H groups in total. The van der Waals surface area contributed by atoms with Gasteiger partial charge in [-0.1, -0.05) is 20.3 Å². The number of likely N-dealkylation sites (tertiary alicyclic amines) is 1. The number of nitrogens with zero attached hydrogens (tertiary/aromatic N) is 1. The Morgan fingerprint density at radius 2 is 1.81 bits per heavy atom. The standard InChI is InChI=1S/C20H34N4O7S/c1-4-11(2)16(19(29)24-8-5-6-14(24)20(30)31)23-18(28)13(7-9-32-3)22-17(27)12(21)10-15(25)26/h11-14,16H,4-10,21H2,1-3H3,(H,22,27)(H,23,28)(H,25,26)(H,30,31). The van der Waals surface area contributed by atoms with Crippen LogP contribution in [0.15, 0.2) is 0 Å². The Balaban J connectivity index is 3.00. The summed E-state index contributed by atoms with van der Waals surface area (Å²) in [6.07, 6.45) is 2.99. The molecule has 0 aromatic rings. The van der Waals surface area contributed by atoms with Crippen LogP contribution in [-0.2, 0) is 24.0 Å². The highest BCUT2D eigenvalue weighted by Gasteiger charge is 2.39. The van der Waals surface area contributed by atoms with Gasteiger partial charge in [-0.2, -0.15) is 11.8 Å². The van der Waals surface area contributed by atoms with E-state index in [4.69, 9.17) is 10.8 Å². The van der Waals surface area contributed by atoms with Crippen molar-refractivity contribution in [2.24, 2.45) is 11.7 Å². The van der Waals surface area contributed by atoms with Gasteiger partial charge in [0, 0.05) is 6.54 Å². The van der Waals surface area contributed by atoms with Gasteiger partial charge in [0.25, 0.3) is 0 Å². The van der Waals surface area contributed by atoms with Crippen molar-refractivity contribution in [1.29, 1.82) is 0 Å². The van der Waals surface area contributed by atoms with Crippen molar-refractivity contribution in [2.75, 3.05) is 18.6 Å². The quantitative estimate of drug-likeness (QED) is 0.238. The van der Waals surface area contributed by atoms with Crippen LogP contribution in [0.1, 0.15) is 46.0 Å². The zero-order valence-corrected chi connectivity index (χ0v) is 19.5. The largest absolute Gasteiger partial charge is 0.481 e. The number of nitrogens with two attached hydrogens (primary N) is 1. The molecule has 1 aliphatic rings. The first-order chi connectivity index (χ1) is 15.0. The number of rotatable bonds is 13. The molecule has 11 nitrogen and oxygen atoms in total. The number of hydrogen-bond acceptors (Lipinski definition) is 7. The van der Waals surface area contributed by atoms with Crippen LogP contribution < -0.4 is 16.4 Å². The number of hydrogen-bond donors (Lipinski definition) is 5. The molecule has 0 aliphatic carbocycles. The minimum Gasteiger partial charge on any atom is -0.481 e. The van der Waals surface area contributed by atoms with E-state index in [0.29, 0.717) is 31.6 Å². The van der Waals surface area contributed by atoms with Crippen LogP contribution in [0.25, 0.3) is 0 Å². The summed E-state index contributed by atoms with van der Waals surface area (Å²) in [5.41, 5.74) is 5.59. The van der Waals surface area contributed by atoms with Crippen LogP contribution in [0, 0.1) is 5.92 Å². The molecule has 32 heavy (non-hydrogen) atoms. The molecular weight excluding hydrogens is 440 g/mol. The van der Waals surface area contributed by atoms with Crippen molar-refractivity contribution >= 4 is 41.4 Å². The Morgan fingerprint density at radius 1 is 1.16 bits per heavy atom. The molecule has 1 aliphatic heterocycles. The van der Waals surface area contributed by atoms with Gasteiger partial charge in [-0.15, -0.1) is 0 Å². The van der Waals surface area contributed by atoms with Gasteiger partial charge in [0.1, 0.15) is 18.1 Å². The van der Waals surface area contributed by atoms with Crippen LogP contribution >= 0.6 is 11.8 Å². The molecule has 0 saturated carbocycles. The maximum atomic E-state index is 13.2. The number of carbonyl (C=O) groups is 5. The molecule has 0 aromatic heterocycles. The summed E-state index contributed by atoms with van der Waals surface area (Å²) in [5, 5.41) is 23.4. The van der Waals surface area contributed by atoms with Crippen LogP contribution in [0.2, 0.25) is 0 Å². The molecule has 0 bridgehead atoms. The van der Waals surface area contributed by atoms with E-state index in [0.717, 1.165) is 0 Å². The maximum Gasteiger partial charge on any atom is 0.326 e. The second kappa shape index (κ2) is 13.3. The predicted octanol–water partition coefficient (Wildman–Crippen LogP) is -0.367. The molecule has 182 valence electrons. The minimum atomic E-state index is -1.31. The fourth-order valence-corrected chi connectivity index (χ4v) is 3.94. The summed E-state index contributed by atoms with van der Waals surface area (Å²) in [5.74, 6) is -3.89. The van der Waals surface area contributed by atoms with Crippen LogP contribution in [-0.4, -0.2) is 87.5 Å². The average Bonchev–Trinajstić information content (AvgIpc) is 3.23. The van der Waals surface area contributed by atoms with Gasteiger partial charge < -0.3 is 31.5 Å². The molecule has 1 rings (SSSR count). The van der Waals surface area contributed by atoms with Gasteiger partial charge in [-0.05, 0) is 37.2 Å². The lowest BCUT2D eigenvalue weighted by atomic mass is 9.96. The second-order valence-electron chi connectivity index (χ2n) is 7.95. The second-order valence-corrected chi connectivity index (χ2v) is 8.93.